The molecule has 90 valence electrons. The molecule has 0 spiro atoms. The SMILES string of the molecule is O=C(OCC1CCC1)N1C=c2scnc2=CC1. The van der Waals surface area contributed by atoms with Gasteiger partial charge < -0.3 is 4.74 Å². The number of rotatable bonds is 2. The van der Waals surface area contributed by atoms with E-state index in [9.17, 15) is 4.79 Å². The highest BCUT2D eigenvalue weighted by molar-refractivity contribution is 7.07. The van der Waals surface area contributed by atoms with Crippen molar-refractivity contribution >= 4 is 29.7 Å². The van der Waals surface area contributed by atoms with Gasteiger partial charge in [-0.2, -0.15) is 0 Å². The Kier molecular flexibility index (Phi) is 2.84. The van der Waals surface area contributed by atoms with Crippen LogP contribution in [0.5, 0.6) is 0 Å². The molecule has 0 bridgehead atoms. The van der Waals surface area contributed by atoms with Gasteiger partial charge in [-0.1, -0.05) is 6.42 Å². The maximum absolute atomic E-state index is 11.8. The molecular weight excluding hydrogens is 236 g/mol. The molecule has 1 saturated carbocycles. The molecule has 1 aromatic heterocycles. The Bertz CT molecular complexity index is 533. The molecule has 1 amide bonds. The van der Waals surface area contributed by atoms with Gasteiger partial charge >= 0.3 is 6.09 Å². The van der Waals surface area contributed by atoms with Gasteiger partial charge in [0.05, 0.1) is 22.0 Å². The first kappa shape index (κ1) is 10.8. The fourth-order valence-corrected chi connectivity index (χ4v) is 2.68. The summed E-state index contributed by atoms with van der Waals surface area (Å²) in [6.45, 7) is 1.12. The molecule has 1 aromatic rings. The molecule has 3 rings (SSSR count). The molecule has 1 fully saturated rings. The van der Waals surface area contributed by atoms with Gasteiger partial charge in [-0.15, -0.1) is 11.3 Å². The van der Waals surface area contributed by atoms with Crippen molar-refractivity contribution in [3.05, 3.63) is 15.4 Å². The summed E-state index contributed by atoms with van der Waals surface area (Å²) in [4.78, 5) is 17.6. The molecule has 17 heavy (non-hydrogen) atoms. The Labute approximate surface area is 103 Å². The number of ether oxygens (including phenoxy) is 1. The Morgan fingerprint density at radius 3 is 3.24 bits per heavy atom. The van der Waals surface area contributed by atoms with E-state index in [0.29, 0.717) is 19.1 Å². The maximum atomic E-state index is 11.8. The summed E-state index contributed by atoms with van der Waals surface area (Å²) in [5, 5.41) is 0.970. The van der Waals surface area contributed by atoms with E-state index < -0.39 is 0 Å². The molecule has 4 nitrogen and oxygen atoms in total. The number of carbonyl (C=O) groups is 1. The van der Waals surface area contributed by atoms with Crippen LogP contribution in [0, 0.1) is 5.92 Å². The largest absolute Gasteiger partial charge is 0.449 e. The van der Waals surface area contributed by atoms with Crippen LogP contribution in [0.2, 0.25) is 0 Å². The number of nitrogens with zero attached hydrogens (tertiary/aromatic N) is 2. The van der Waals surface area contributed by atoms with Crippen molar-refractivity contribution in [1.82, 2.24) is 9.88 Å². The van der Waals surface area contributed by atoms with Crippen LogP contribution in [0.15, 0.2) is 5.51 Å². The molecule has 0 aromatic carbocycles. The lowest BCUT2D eigenvalue weighted by atomic mass is 9.86. The number of hydrogen-bond acceptors (Lipinski definition) is 4. The first-order chi connectivity index (χ1) is 8.33. The van der Waals surface area contributed by atoms with Gasteiger partial charge in [0.25, 0.3) is 0 Å². The van der Waals surface area contributed by atoms with Crippen molar-refractivity contribution in [3.63, 3.8) is 0 Å². The fourth-order valence-electron chi connectivity index (χ4n) is 1.95. The first-order valence-corrected chi connectivity index (χ1v) is 6.76. The van der Waals surface area contributed by atoms with Gasteiger partial charge in [0.15, 0.2) is 0 Å². The highest BCUT2D eigenvalue weighted by Gasteiger charge is 2.21. The monoisotopic (exact) mass is 250 g/mol. The topological polar surface area (TPSA) is 42.4 Å². The molecule has 5 heteroatoms. The van der Waals surface area contributed by atoms with Gasteiger partial charge in [0.1, 0.15) is 0 Å². The Morgan fingerprint density at radius 1 is 1.59 bits per heavy atom. The Hall–Kier alpha value is -1.36. The van der Waals surface area contributed by atoms with E-state index in [1.807, 2.05) is 12.3 Å². The Balaban J connectivity index is 1.63. The molecular formula is C12H14N2O2S. The normalized spacial score (nSPS) is 18.7. The number of hydrogen-bond donors (Lipinski definition) is 0. The third-order valence-corrected chi connectivity index (χ3v) is 4.06. The molecule has 2 aliphatic rings. The predicted octanol–water partition coefficient (Wildman–Crippen LogP) is 0.914. The van der Waals surface area contributed by atoms with Gasteiger partial charge in [0, 0.05) is 12.7 Å². The molecule has 1 aliphatic heterocycles. The minimum Gasteiger partial charge on any atom is -0.449 e. The quantitative estimate of drug-likeness (QED) is 0.783. The summed E-state index contributed by atoms with van der Waals surface area (Å²) >= 11 is 1.54. The van der Waals surface area contributed by atoms with Crippen LogP contribution in [-0.4, -0.2) is 29.1 Å². The van der Waals surface area contributed by atoms with Crippen LogP contribution in [0.3, 0.4) is 0 Å². The van der Waals surface area contributed by atoms with Crippen LogP contribution >= 0.6 is 11.3 Å². The van der Waals surface area contributed by atoms with Crippen LogP contribution in [0.25, 0.3) is 12.3 Å². The van der Waals surface area contributed by atoms with Crippen molar-refractivity contribution in [1.29, 1.82) is 0 Å². The minimum absolute atomic E-state index is 0.243. The second-order valence-electron chi connectivity index (χ2n) is 4.46. The van der Waals surface area contributed by atoms with Gasteiger partial charge in [0.2, 0.25) is 0 Å². The number of carbonyl (C=O) groups excluding carboxylic acids is 1. The summed E-state index contributed by atoms with van der Waals surface area (Å²) in [5.74, 6) is 0.590. The zero-order valence-electron chi connectivity index (χ0n) is 9.46. The third-order valence-electron chi connectivity index (χ3n) is 3.28. The molecule has 2 heterocycles. The van der Waals surface area contributed by atoms with Crippen molar-refractivity contribution in [2.45, 2.75) is 19.3 Å². The third kappa shape index (κ3) is 2.20. The van der Waals surface area contributed by atoms with Gasteiger partial charge in [-0.05, 0) is 24.8 Å². The number of amides is 1. The van der Waals surface area contributed by atoms with E-state index in [-0.39, 0.29) is 6.09 Å². The van der Waals surface area contributed by atoms with E-state index in [2.05, 4.69) is 4.98 Å². The van der Waals surface area contributed by atoms with E-state index in [1.54, 1.807) is 10.4 Å². The van der Waals surface area contributed by atoms with E-state index in [0.717, 1.165) is 9.88 Å². The standard InChI is InChI=1S/C12H14N2O2S/c15-12(16-7-9-2-1-3-9)14-5-4-10-11(6-14)17-8-13-10/h4,6,8-9H,1-3,5,7H2. The smallest absolute Gasteiger partial charge is 0.414 e. The maximum Gasteiger partial charge on any atom is 0.414 e. The summed E-state index contributed by atoms with van der Waals surface area (Å²) in [5.41, 5.74) is 1.79. The molecule has 0 atom stereocenters. The average Bonchev–Trinajstić information content (AvgIpc) is 2.73. The highest BCUT2D eigenvalue weighted by Crippen LogP contribution is 2.26. The van der Waals surface area contributed by atoms with Crippen molar-refractivity contribution in [2.24, 2.45) is 5.92 Å². The van der Waals surface area contributed by atoms with Gasteiger partial charge in [-0.3, -0.25) is 4.90 Å². The molecule has 0 saturated heterocycles. The van der Waals surface area contributed by atoms with E-state index >= 15 is 0 Å². The second-order valence-corrected chi connectivity index (χ2v) is 5.35. The average molecular weight is 250 g/mol. The summed E-state index contributed by atoms with van der Waals surface area (Å²) < 4.78 is 6.32. The lowest BCUT2D eigenvalue weighted by molar-refractivity contribution is 0.0877. The molecule has 0 radical (unpaired) electrons. The second kappa shape index (κ2) is 4.49. The predicted molar refractivity (Wildman–Crippen MR) is 65.7 cm³/mol. The van der Waals surface area contributed by atoms with Crippen LogP contribution in [-0.2, 0) is 4.74 Å². The van der Waals surface area contributed by atoms with Crippen molar-refractivity contribution < 1.29 is 9.53 Å². The van der Waals surface area contributed by atoms with Gasteiger partial charge in [-0.25, -0.2) is 9.78 Å². The first-order valence-electron chi connectivity index (χ1n) is 5.88. The molecule has 0 N–H and O–H groups in total. The zero-order valence-corrected chi connectivity index (χ0v) is 10.3. The Morgan fingerprint density at radius 2 is 2.47 bits per heavy atom. The van der Waals surface area contributed by atoms with Crippen LogP contribution in [0.1, 0.15) is 19.3 Å². The minimum atomic E-state index is -0.243. The molecule has 0 unspecified atom stereocenters. The lowest BCUT2D eigenvalue weighted by Crippen LogP contribution is -2.37. The lowest BCUT2D eigenvalue weighted by Gasteiger charge is -2.26. The van der Waals surface area contributed by atoms with Crippen LogP contribution < -0.4 is 9.88 Å². The van der Waals surface area contributed by atoms with Crippen molar-refractivity contribution in [3.8, 4) is 0 Å². The van der Waals surface area contributed by atoms with Crippen LogP contribution in [0.4, 0.5) is 4.79 Å². The number of fused-ring (bicyclic) bond motifs is 1. The summed E-state index contributed by atoms with van der Waals surface area (Å²) in [7, 11) is 0. The zero-order chi connectivity index (χ0) is 11.7. The van der Waals surface area contributed by atoms with E-state index in [1.165, 1.54) is 30.6 Å². The fraction of sp³-hybridized carbons (Fsp3) is 0.500. The van der Waals surface area contributed by atoms with Crippen molar-refractivity contribution in [2.75, 3.05) is 13.2 Å². The molecule has 1 aliphatic carbocycles. The summed E-state index contributed by atoms with van der Waals surface area (Å²) in [6, 6.07) is 0. The van der Waals surface area contributed by atoms with E-state index in [4.69, 9.17) is 4.74 Å². The highest BCUT2D eigenvalue weighted by atomic mass is 32.1. The number of aromatic nitrogens is 1. The summed E-state index contributed by atoms with van der Waals surface area (Å²) in [6.07, 6.45) is 7.21. The number of thiazole rings is 1.